The van der Waals surface area contributed by atoms with E-state index < -0.39 is 0 Å². The number of carbonyl (C=O) groups is 1. The van der Waals surface area contributed by atoms with Crippen molar-refractivity contribution in [3.63, 3.8) is 0 Å². The molecule has 0 atom stereocenters. The summed E-state index contributed by atoms with van der Waals surface area (Å²) < 4.78 is 6.99. The lowest BCUT2D eigenvalue weighted by Crippen LogP contribution is -2.37. The van der Waals surface area contributed by atoms with Gasteiger partial charge in [-0.1, -0.05) is 48.0 Å². The summed E-state index contributed by atoms with van der Waals surface area (Å²) >= 11 is 0. The zero-order valence-electron chi connectivity index (χ0n) is 21.1. The Labute approximate surface area is 211 Å². The van der Waals surface area contributed by atoms with Gasteiger partial charge in [0, 0.05) is 39.7 Å². The summed E-state index contributed by atoms with van der Waals surface area (Å²) in [6.07, 6.45) is 1.49. The standard InChI is InChI=1S/C28H32N6O2/c1-20-10-12-22(13-11-20)18-24-29-27(33-15-7-14-32(16-17-33)25(35)19-36-3)26-21(2)31-34(28(26)30-24)23-8-5-4-6-9-23/h4-6,8-13H,7,14-19H2,1-3H3. The number of fused-ring (bicyclic) bond motifs is 1. The second kappa shape index (κ2) is 10.5. The molecule has 0 unspecified atom stereocenters. The Morgan fingerprint density at radius 1 is 0.944 bits per heavy atom. The molecule has 1 fully saturated rings. The van der Waals surface area contributed by atoms with Gasteiger partial charge in [0.05, 0.1) is 16.8 Å². The van der Waals surface area contributed by atoms with Crippen LogP contribution in [0.25, 0.3) is 16.7 Å². The predicted octanol–water partition coefficient (Wildman–Crippen LogP) is 3.71. The minimum Gasteiger partial charge on any atom is -0.375 e. The molecule has 1 aliphatic heterocycles. The van der Waals surface area contributed by atoms with E-state index in [0.717, 1.165) is 47.0 Å². The van der Waals surface area contributed by atoms with Crippen LogP contribution in [-0.4, -0.2) is 70.5 Å². The van der Waals surface area contributed by atoms with Crippen LogP contribution in [0.1, 0.15) is 29.1 Å². The number of amides is 1. The quantitative estimate of drug-likeness (QED) is 0.415. The Balaban J connectivity index is 1.57. The van der Waals surface area contributed by atoms with Gasteiger partial charge in [-0.05, 0) is 38.0 Å². The van der Waals surface area contributed by atoms with Gasteiger partial charge in [0.1, 0.15) is 18.2 Å². The zero-order valence-corrected chi connectivity index (χ0v) is 21.1. The molecule has 36 heavy (non-hydrogen) atoms. The average molecular weight is 485 g/mol. The van der Waals surface area contributed by atoms with Gasteiger partial charge in [0.2, 0.25) is 5.91 Å². The fourth-order valence-electron chi connectivity index (χ4n) is 4.74. The molecular weight excluding hydrogens is 452 g/mol. The van der Waals surface area contributed by atoms with E-state index in [0.29, 0.717) is 26.1 Å². The number of ether oxygens (including phenoxy) is 1. The lowest BCUT2D eigenvalue weighted by Gasteiger charge is -2.24. The highest BCUT2D eigenvalue weighted by molar-refractivity contribution is 5.91. The molecule has 0 N–H and O–H groups in total. The summed E-state index contributed by atoms with van der Waals surface area (Å²) in [6, 6.07) is 18.6. The normalized spacial score (nSPS) is 14.3. The monoisotopic (exact) mass is 484 g/mol. The fraction of sp³-hybridized carbons (Fsp3) is 0.357. The third-order valence-electron chi connectivity index (χ3n) is 6.63. The molecular formula is C28H32N6O2. The van der Waals surface area contributed by atoms with Gasteiger partial charge in [-0.3, -0.25) is 4.79 Å². The molecule has 186 valence electrons. The first-order valence-electron chi connectivity index (χ1n) is 12.4. The first-order valence-corrected chi connectivity index (χ1v) is 12.4. The van der Waals surface area contributed by atoms with Gasteiger partial charge in [0.25, 0.3) is 0 Å². The largest absolute Gasteiger partial charge is 0.375 e. The van der Waals surface area contributed by atoms with Crippen molar-refractivity contribution in [2.45, 2.75) is 26.7 Å². The highest BCUT2D eigenvalue weighted by atomic mass is 16.5. The van der Waals surface area contributed by atoms with Gasteiger partial charge in [0.15, 0.2) is 5.65 Å². The van der Waals surface area contributed by atoms with Gasteiger partial charge >= 0.3 is 0 Å². The maximum absolute atomic E-state index is 12.4. The van der Waals surface area contributed by atoms with E-state index in [-0.39, 0.29) is 12.5 Å². The molecule has 8 heteroatoms. The van der Waals surface area contributed by atoms with Crippen LogP contribution in [0, 0.1) is 13.8 Å². The number of hydrogen-bond donors (Lipinski definition) is 0. The van der Waals surface area contributed by atoms with Crippen molar-refractivity contribution in [1.29, 1.82) is 0 Å². The summed E-state index contributed by atoms with van der Waals surface area (Å²) in [5, 5.41) is 5.83. The van der Waals surface area contributed by atoms with E-state index in [9.17, 15) is 4.79 Å². The summed E-state index contributed by atoms with van der Waals surface area (Å²) in [7, 11) is 1.56. The van der Waals surface area contributed by atoms with E-state index in [2.05, 4.69) is 36.1 Å². The minimum atomic E-state index is 0.0281. The molecule has 0 saturated carbocycles. The highest BCUT2D eigenvalue weighted by Crippen LogP contribution is 2.30. The minimum absolute atomic E-state index is 0.0281. The Hall–Kier alpha value is -3.78. The number of carbonyl (C=O) groups excluding carboxylic acids is 1. The maximum atomic E-state index is 12.4. The number of benzene rings is 2. The first-order chi connectivity index (χ1) is 17.5. The molecule has 0 aliphatic carbocycles. The van der Waals surface area contributed by atoms with Crippen LogP contribution in [0.2, 0.25) is 0 Å². The number of para-hydroxylation sites is 1. The van der Waals surface area contributed by atoms with Crippen molar-refractivity contribution in [2.24, 2.45) is 0 Å². The fourth-order valence-corrected chi connectivity index (χ4v) is 4.74. The van der Waals surface area contributed by atoms with Gasteiger partial charge < -0.3 is 14.5 Å². The Kier molecular flexibility index (Phi) is 6.95. The van der Waals surface area contributed by atoms with Gasteiger partial charge in [-0.25, -0.2) is 14.6 Å². The van der Waals surface area contributed by atoms with E-state index >= 15 is 0 Å². The maximum Gasteiger partial charge on any atom is 0.248 e. The van der Waals surface area contributed by atoms with Gasteiger partial charge in [-0.15, -0.1) is 0 Å². The number of rotatable bonds is 6. The van der Waals surface area contributed by atoms with Gasteiger partial charge in [-0.2, -0.15) is 5.10 Å². The van der Waals surface area contributed by atoms with E-state index in [4.69, 9.17) is 19.8 Å². The van der Waals surface area contributed by atoms with Crippen molar-refractivity contribution in [3.05, 3.63) is 77.2 Å². The average Bonchev–Trinajstić information content (AvgIpc) is 3.05. The summed E-state index contributed by atoms with van der Waals surface area (Å²) in [5.41, 5.74) is 5.06. The van der Waals surface area contributed by atoms with Crippen LogP contribution >= 0.6 is 0 Å². The third kappa shape index (κ3) is 4.95. The molecule has 3 heterocycles. The lowest BCUT2D eigenvalue weighted by atomic mass is 10.1. The summed E-state index contributed by atoms with van der Waals surface area (Å²) in [5.74, 6) is 1.68. The summed E-state index contributed by atoms with van der Waals surface area (Å²) in [6.45, 7) is 7.07. The molecule has 0 spiro atoms. The number of methoxy groups -OCH3 is 1. The molecule has 1 aliphatic rings. The number of hydrogen-bond acceptors (Lipinski definition) is 6. The number of aryl methyl sites for hydroxylation is 2. The smallest absolute Gasteiger partial charge is 0.248 e. The molecule has 0 radical (unpaired) electrons. The van der Waals surface area contributed by atoms with Crippen LogP contribution in [0.5, 0.6) is 0 Å². The second-order valence-electron chi connectivity index (χ2n) is 9.31. The Morgan fingerprint density at radius 3 is 2.47 bits per heavy atom. The molecule has 1 saturated heterocycles. The number of nitrogens with zero attached hydrogens (tertiary/aromatic N) is 6. The topological polar surface area (TPSA) is 76.4 Å². The first kappa shape index (κ1) is 23.9. The highest BCUT2D eigenvalue weighted by Gasteiger charge is 2.25. The van der Waals surface area contributed by atoms with Crippen molar-refractivity contribution < 1.29 is 9.53 Å². The lowest BCUT2D eigenvalue weighted by molar-refractivity contribution is -0.134. The molecule has 1 amide bonds. The van der Waals surface area contributed by atoms with Crippen molar-refractivity contribution in [2.75, 3.05) is 44.8 Å². The van der Waals surface area contributed by atoms with E-state index in [1.807, 2.05) is 46.8 Å². The van der Waals surface area contributed by atoms with E-state index in [1.54, 1.807) is 7.11 Å². The van der Waals surface area contributed by atoms with Crippen molar-refractivity contribution >= 4 is 22.8 Å². The SMILES string of the molecule is COCC(=O)N1CCCN(c2nc(Cc3ccc(C)cc3)nc3c2c(C)nn3-c2ccccc2)CC1. The third-order valence-corrected chi connectivity index (χ3v) is 6.63. The van der Waals surface area contributed by atoms with E-state index in [1.165, 1.54) is 11.1 Å². The zero-order chi connectivity index (χ0) is 25.1. The number of anilines is 1. The molecule has 8 nitrogen and oxygen atoms in total. The molecule has 5 rings (SSSR count). The van der Waals surface area contributed by atoms with Crippen LogP contribution in [0.15, 0.2) is 54.6 Å². The molecule has 2 aromatic carbocycles. The summed E-state index contributed by atoms with van der Waals surface area (Å²) in [4.78, 5) is 26.7. The van der Waals surface area contributed by atoms with Crippen LogP contribution in [0.3, 0.4) is 0 Å². The molecule has 0 bridgehead atoms. The van der Waals surface area contributed by atoms with Crippen LogP contribution in [-0.2, 0) is 16.0 Å². The van der Waals surface area contributed by atoms with Crippen molar-refractivity contribution in [1.82, 2.24) is 24.6 Å². The molecule has 4 aromatic rings. The van der Waals surface area contributed by atoms with Crippen molar-refractivity contribution in [3.8, 4) is 5.69 Å². The Bertz CT molecular complexity index is 1350. The molecule has 2 aromatic heterocycles. The predicted molar refractivity (Wildman–Crippen MR) is 141 cm³/mol. The second-order valence-corrected chi connectivity index (χ2v) is 9.31. The number of aromatic nitrogens is 4. The Morgan fingerprint density at radius 2 is 1.72 bits per heavy atom. The van der Waals surface area contributed by atoms with Crippen LogP contribution < -0.4 is 4.90 Å². The van der Waals surface area contributed by atoms with Crippen LogP contribution in [0.4, 0.5) is 5.82 Å².